The largest absolute Gasteiger partial charge is 0.341 e. The van der Waals surface area contributed by atoms with Gasteiger partial charge in [-0.15, -0.1) is 0 Å². The van der Waals surface area contributed by atoms with E-state index in [-0.39, 0.29) is 11.8 Å². The molecule has 0 aliphatic carbocycles. The summed E-state index contributed by atoms with van der Waals surface area (Å²) in [6.45, 7) is 9.24. The van der Waals surface area contributed by atoms with Crippen molar-refractivity contribution in [2.24, 2.45) is 5.92 Å². The van der Waals surface area contributed by atoms with E-state index >= 15 is 0 Å². The Kier molecular flexibility index (Phi) is 7.32. The lowest BCUT2D eigenvalue weighted by molar-refractivity contribution is -0.134. The molecule has 0 saturated carbocycles. The number of nitrogens with zero attached hydrogens (tertiary/aromatic N) is 5. The molecule has 0 spiro atoms. The van der Waals surface area contributed by atoms with E-state index in [1.165, 1.54) is 5.56 Å². The lowest BCUT2D eigenvalue weighted by Gasteiger charge is -2.24. The van der Waals surface area contributed by atoms with Crippen LogP contribution in [0.3, 0.4) is 0 Å². The van der Waals surface area contributed by atoms with Crippen LogP contribution in [0, 0.1) is 5.92 Å². The molecule has 1 aliphatic rings. The average Bonchev–Trinajstić information content (AvgIpc) is 3.23. The summed E-state index contributed by atoms with van der Waals surface area (Å²) in [5.41, 5.74) is 3.45. The van der Waals surface area contributed by atoms with E-state index in [4.69, 9.17) is 0 Å². The average molecular weight is 432 g/mol. The van der Waals surface area contributed by atoms with Crippen LogP contribution < -0.4 is 0 Å². The molecule has 1 saturated heterocycles. The van der Waals surface area contributed by atoms with Crippen LogP contribution in [0.4, 0.5) is 0 Å². The minimum atomic E-state index is -0.0432. The van der Waals surface area contributed by atoms with Gasteiger partial charge in [-0.25, -0.2) is 4.98 Å². The molecular formula is C26H33N5O. The number of aryl methyl sites for hydroxylation is 1. The van der Waals surface area contributed by atoms with Crippen molar-refractivity contribution in [3.05, 3.63) is 72.6 Å². The number of rotatable bonds is 8. The lowest BCUT2D eigenvalue weighted by atomic mass is 9.96. The van der Waals surface area contributed by atoms with E-state index in [2.05, 4.69) is 68.5 Å². The van der Waals surface area contributed by atoms with Crippen molar-refractivity contribution in [1.29, 1.82) is 0 Å². The summed E-state index contributed by atoms with van der Waals surface area (Å²) >= 11 is 0. The molecule has 32 heavy (non-hydrogen) atoms. The molecule has 4 rings (SSSR count). The van der Waals surface area contributed by atoms with Crippen LogP contribution in [0.25, 0.3) is 11.1 Å². The van der Waals surface area contributed by atoms with Crippen LogP contribution in [0.5, 0.6) is 0 Å². The summed E-state index contributed by atoms with van der Waals surface area (Å²) < 4.78 is 2.18. The SMILES string of the molecule is CCCN1CCN(Cc2nccn2CC)CC(Cc2ccc(-c3cccnc3)cc2)C1=O. The highest BCUT2D eigenvalue weighted by Crippen LogP contribution is 2.22. The monoisotopic (exact) mass is 431 g/mol. The molecule has 1 aliphatic heterocycles. The first kappa shape index (κ1) is 22.2. The number of imidazole rings is 1. The van der Waals surface area contributed by atoms with Crippen molar-refractivity contribution in [3.8, 4) is 11.1 Å². The predicted molar refractivity (Wildman–Crippen MR) is 127 cm³/mol. The Bertz CT molecular complexity index is 999. The molecule has 1 fully saturated rings. The Labute approximate surface area is 190 Å². The van der Waals surface area contributed by atoms with Gasteiger partial charge in [0.1, 0.15) is 5.82 Å². The van der Waals surface area contributed by atoms with Crippen LogP contribution >= 0.6 is 0 Å². The van der Waals surface area contributed by atoms with Crippen molar-refractivity contribution in [2.45, 2.75) is 39.8 Å². The fourth-order valence-corrected chi connectivity index (χ4v) is 4.53. The maximum Gasteiger partial charge on any atom is 0.227 e. The zero-order valence-corrected chi connectivity index (χ0v) is 19.2. The number of hydrogen-bond donors (Lipinski definition) is 0. The third-order valence-electron chi connectivity index (χ3n) is 6.26. The minimum Gasteiger partial charge on any atom is -0.341 e. The number of hydrogen-bond acceptors (Lipinski definition) is 4. The third kappa shape index (κ3) is 5.25. The van der Waals surface area contributed by atoms with Crippen molar-refractivity contribution in [1.82, 2.24) is 24.3 Å². The normalized spacial score (nSPS) is 17.5. The van der Waals surface area contributed by atoms with E-state index in [1.54, 1.807) is 6.20 Å². The number of benzene rings is 1. The van der Waals surface area contributed by atoms with Gasteiger partial charge in [0, 0.05) is 57.5 Å². The van der Waals surface area contributed by atoms with Crippen LogP contribution in [0.1, 0.15) is 31.7 Å². The summed E-state index contributed by atoms with van der Waals surface area (Å²) in [6, 6.07) is 12.6. The molecule has 3 heterocycles. The lowest BCUT2D eigenvalue weighted by Crippen LogP contribution is -2.37. The zero-order chi connectivity index (χ0) is 22.3. The van der Waals surface area contributed by atoms with Gasteiger partial charge < -0.3 is 9.47 Å². The smallest absolute Gasteiger partial charge is 0.227 e. The van der Waals surface area contributed by atoms with Crippen LogP contribution in [-0.4, -0.2) is 56.4 Å². The zero-order valence-electron chi connectivity index (χ0n) is 19.2. The summed E-state index contributed by atoms with van der Waals surface area (Å²) in [5.74, 6) is 1.31. The minimum absolute atomic E-state index is 0.0432. The molecule has 1 atom stereocenters. The van der Waals surface area contributed by atoms with Gasteiger partial charge in [-0.2, -0.15) is 0 Å². The highest BCUT2D eigenvalue weighted by atomic mass is 16.2. The van der Waals surface area contributed by atoms with Crippen molar-refractivity contribution < 1.29 is 4.79 Å². The van der Waals surface area contributed by atoms with Crippen molar-refractivity contribution >= 4 is 5.91 Å². The van der Waals surface area contributed by atoms with Gasteiger partial charge in [0.05, 0.1) is 12.5 Å². The third-order valence-corrected chi connectivity index (χ3v) is 6.26. The van der Waals surface area contributed by atoms with Gasteiger partial charge in [-0.1, -0.05) is 37.3 Å². The molecule has 1 amide bonds. The number of pyridine rings is 1. The first-order valence-electron chi connectivity index (χ1n) is 11.7. The molecule has 6 nitrogen and oxygen atoms in total. The molecule has 3 aromatic rings. The Morgan fingerprint density at radius 3 is 2.59 bits per heavy atom. The van der Waals surface area contributed by atoms with E-state index in [0.717, 1.165) is 69.1 Å². The summed E-state index contributed by atoms with van der Waals surface area (Å²) in [6.07, 6.45) is 9.31. The molecule has 0 N–H and O–H groups in total. The van der Waals surface area contributed by atoms with Gasteiger partial charge in [-0.05, 0) is 42.5 Å². The van der Waals surface area contributed by atoms with Crippen LogP contribution in [0.15, 0.2) is 61.2 Å². The Hall–Kier alpha value is -2.99. The standard InChI is InChI=1S/C26H33N5O/c1-3-13-31-16-15-29(20-25-28-12-14-30(25)4-2)19-24(26(31)32)17-21-7-9-22(10-8-21)23-6-5-11-27-18-23/h5-12,14,18,24H,3-4,13,15-17,19-20H2,1-2H3. The van der Waals surface area contributed by atoms with Crippen LogP contribution in [-0.2, 0) is 24.3 Å². The topological polar surface area (TPSA) is 54.3 Å². The molecule has 6 heteroatoms. The second-order valence-corrected chi connectivity index (χ2v) is 8.53. The number of carbonyl (C=O) groups is 1. The number of aromatic nitrogens is 3. The fourth-order valence-electron chi connectivity index (χ4n) is 4.53. The number of carbonyl (C=O) groups excluding carboxylic acids is 1. The molecule has 0 radical (unpaired) electrons. The quantitative estimate of drug-likeness (QED) is 0.543. The van der Waals surface area contributed by atoms with E-state index < -0.39 is 0 Å². The Balaban J connectivity index is 1.50. The first-order chi connectivity index (χ1) is 15.7. The molecule has 2 aromatic heterocycles. The second kappa shape index (κ2) is 10.6. The van der Waals surface area contributed by atoms with E-state index in [9.17, 15) is 4.79 Å². The maximum absolute atomic E-state index is 13.4. The van der Waals surface area contributed by atoms with E-state index in [0.29, 0.717) is 0 Å². The molecule has 1 aromatic carbocycles. The highest BCUT2D eigenvalue weighted by molar-refractivity contribution is 5.79. The molecule has 168 valence electrons. The van der Waals surface area contributed by atoms with E-state index in [1.807, 2.05) is 24.7 Å². The Morgan fingerprint density at radius 1 is 1.03 bits per heavy atom. The van der Waals surface area contributed by atoms with Gasteiger partial charge in [0.15, 0.2) is 0 Å². The summed E-state index contributed by atoms with van der Waals surface area (Å²) in [5, 5.41) is 0. The highest BCUT2D eigenvalue weighted by Gasteiger charge is 2.30. The molecule has 0 bridgehead atoms. The first-order valence-corrected chi connectivity index (χ1v) is 11.7. The van der Waals surface area contributed by atoms with Gasteiger partial charge in [0.2, 0.25) is 5.91 Å². The summed E-state index contributed by atoms with van der Waals surface area (Å²) in [7, 11) is 0. The number of amides is 1. The molecule has 1 unspecified atom stereocenters. The van der Waals surface area contributed by atoms with Gasteiger partial charge in [-0.3, -0.25) is 14.7 Å². The Morgan fingerprint density at radius 2 is 1.88 bits per heavy atom. The van der Waals surface area contributed by atoms with Crippen molar-refractivity contribution in [2.75, 3.05) is 26.2 Å². The fraction of sp³-hybridized carbons (Fsp3) is 0.423. The van der Waals surface area contributed by atoms with Crippen molar-refractivity contribution in [3.63, 3.8) is 0 Å². The van der Waals surface area contributed by atoms with Gasteiger partial charge in [0.25, 0.3) is 0 Å². The molecular weight excluding hydrogens is 398 g/mol. The predicted octanol–water partition coefficient (Wildman–Crippen LogP) is 3.88. The van der Waals surface area contributed by atoms with Gasteiger partial charge >= 0.3 is 0 Å². The van der Waals surface area contributed by atoms with Crippen LogP contribution in [0.2, 0.25) is 0 Å². The maximum atomic E-state index is 13.4. The second-order valence-electron chi connectivity index (χ2n) is 8.53. The summed E-state index contributed by atoms with van der Waals surface area (Å²) in [4.78, 5) is 26.6.